The van der Waals surface area contributed by atoms with Crippen LogP contribution in [-0.4, -0.2) is 31.6 Å². The number of carbonyl (C=O) groups excluding carboxylic acids is 1. The van der Waals surface area contributed by atoms with Gasteiger partial charge in [-0.1, -0.05) is 0 Å². The monoisotopic (exact) mass is 209 g/mol. The van der Waals surface area contributed by atoms with Crippen molar-refractivity contribution in [1.82, 2.24) is 4.72 Å². The predicted octanol–water partition coefficient (Wildman–Crippen LogP) is -0.0422. The largest absolute Gasteiger partial charge is 0.272 e. The lowest BCUT2D eigenvalue weighted by Gasteiger charge is -2.10. The Morgan fingerprint density at radius 1 is 1.50 bits per heavy atom. The van der Waals surface area contributed by atoms with E-state index in [4.69, 9.17) is 0 Å². The summed E-state index contributed by atoms with van der Waals surface area (Å²) < 4.78 is 22.9. The lowest BCUT2D eigenvalue weighted by molar-refractivity contribution is -0.119. The van der Waals surface area contributed by atoms with Crippen molar-refractivity contribution in [2.24, 2.45) is 0 Å². The molecule has 0 spiro atoms. The molecule has 0 bridgehead atoms. The number of hydrogen-bond acceptors (Lipinski definition) is 4. The summed E-state index contributed by atoms with van der Waals surface area (Å²) >= 11 is 1.41. The fourth-order valence-corrected chi connectivity index (χ4v) is 2.24. The van der Waals surface area contributed by atoms with E-state index < -0.39 is 14.8 Å². The molecule has 0 aromatic carbocycles. The van der Waals surface area contributed by atoms with Gasteiger partial charge in [0.25, 0.3) is 0 Å². The van der Waals surface area contributed by atoms with Crippen LogP contribution in [0.1, 0.15) is 12.8 Å². The van der Waals surface area contributed by atoms with Gasteiger partial charge in [-0.05, 0) is 19.1 Å². The average molecular weight is 209 g/mol. The first-order valence-corrected chi connectivity index (χ1v) is 6.59. The summed E-state index contributed by atoms with van der Waals surface area (Å²) in [6, 6.07) is 0. The number of hydrogen-bond donors (Lipinski definition) is 1. The van der Waals surface area contributed by atoms with E-state index in [1.54, 1.807) is 0 Å². The molecule has 0 unspecified atom stereocenters. The van der Waals surface area contributed by atoms with E-state index in [2.05, 4.69) is 0 Å². The van der Waals surface area contributed by atoms with E-state index in [-0.39, 0.29) is 5.91 Å². The van der Waals surface area contributed by atoms with E-state index in [1.165, 1.54) is 11.8 Å². The highest BCUT2D eigenvalue weighted by molar-refractivity contribution is 8.01. The smallest absolute Gasteiger partial charge is 0.249 e. The standard InChI is InChI=1S/C6H11NO3S2/c1-11-6(3-4-6)5(8)7-12(2,9)10/h3-4H2,1-2H3,(H,7,8). The van der Waals surface area contributed by atoms with Crippen molar-refractivity contribution in [3.63, 3.8) is 0 Å². The van der Waals surface area contributed by atoms with Gasteiger partial charge >= 0.3 is 0 Å². The minimum absolute atomic E-state index is 0.377. The summed E-state index contributed by atoms with van der Waals surface area (Å²) in [7, 11) is -3.39. The Kier molecular flexibility index (Phi) is 2.40. The van der Waals surface area contributed by atoms with Crippen LogP contribution in [0.4, 0.5) is 0 Å². The van der Waals surface area contributed by atoms with Crippen molar-refractivity contribution in [3.05, 3.63) is 0 Å². The molecule has 4 nitrogen and oxygen atoms in total. The lowest BCUT2D eigenvalue weighted by atomic mass is 10.4. The van der Waals surface area contributed by atoms with Crippen molar-refractivity contribution < 1.29 is 13.2 Å². The van der Waals surface area contributed by atoms with E-state index in [1.807, 2.05) is 11.0 Å². The Labute approximate surface area is 76.2 Å². The summed E-state index contributed by atoms with van der Waals surface area (Å²) in [6.07, 6.45) is 4.35. The number of carbonyl (C=O) groups is 1. The molecular formula is C6H11NO3S2. The summed E-state index contributed by atoms with van der Waals surface area (Å²) in [5.41, 5.74) is 0. The second kappa shape index (κ2) is 2.92. The topological polar surface area (TPSA) is 63.2 Å². The lowest BCUT2D eigenvalue weighted by Crippen LogP contribution is -2.37. The molecule has 1 rings (SSSR count). The third-order valence-electron chi connectivity index (χ3n) is 1.79. The second-order valence-electron chi connectivity index (χ2n) is 2.90. The summed E-state index contributed by atoms with van der Waals surface area (Å²) in [5, 5.41) is 0. The molecule has 6 heteroatoms. The number of rotatable bonds is 3. The molecule has 70 valence electrons. The molecule has 0 radical (unpaired) electrons. The summed E-state index contributed by atoms with van der Waals surface area (Å²) in [6.45, 7) is 0. The third-order valence-corrected chi connectivity index (χ3v) is 3.72. The molecule has 1 N–H and O–H groups in total. The fraction of sp³-hybridized carbons (Fsp3) is 0.833. The Bertz CT molecular complexity index is 292. The molecule has 0 saturated heterocycles. The Balaban J connectivity index is 2.61. The second-order valence-corrected chi connectivity index (χ2v) is 5.84. The molecule has 0 aromatic rings. The maximum absolute atomic E-state index is 11.3. The molecule has 1 saturated carbocycles. The summed E-state index contributed by atoms with van der Waals surface area (Å²) in [5.74, 6) is -0.377. The zero-order chi connectivity index (χ0) is 9.41. The van der Waals surface area contributed by atoms with E-state index >= 15 is 0 Å². The Morgan fingerprint density at radius 3 is 2.25 bits per heavy atom. The number of amides is 1. The molecule has 1 amide bonds. The first-order valence-electron chi connectivity index (χ1n) is 3.47. The highest BCUT2D eigenvalue weighted by Crippen LogP contribution is 2.47. The van der Waals surface area contributed by atoms with Gasteiger partial charge in [-0.25, -0.2) is 8.42 Å². The van der Waals surface area contributed by atoms with Crippen LogP contribution in [-0.2, 0) is 14.8 Å². The van der Waals surface area contributed by atoms with Crippen molar-refractivity contribution in [3.8, 4) is 0 Å². The van der Waals surface area contributed by atoms with Crippen LogP contribution in [0.5, 0.6) is 0 Å². The van der Waals surface area contributed by atoms with E-state index in [0.29, 0.717) is 0 Å². The van der Waals surface area contributed by atoms with Gasteiger partial charge in [-0.2, -0.15) is 0 Å². The molecule has 1 fully saturated rings. The minimum Gasteiger partial charge on any atom is -0.272 e. The van der Waals surface area contributed by atoms with Crippen LogP contribution in [0.15, 0.2) is 0 Å². The van der Waals surface area contributed by atoms with Gasteiger partial charge in [0.1, 0.15) is 0 Å². The number of thioether (sulfide) groups is 1. The molecule has 12 heavy (non-hydrogen) atoms. The van der Waals surface area contributed by atoms with Gasteiger partial charge in [0, 0.05) is 0 Å². The number of sulfonamides is 1. The first-order chi connectivity index (χ1) is 5.40. The maximum Gasteiger partial charge on any atom is 0.249 e. The van der Waals surface area contributed by atoms with E-state index in [0.717, 1.165) is 19.1 Å². The zero-order valence-electron chi connectivity index (χ0n) is 6.96. The van der Waals surface area contributed by atoms with Gasteiger partial charge in [0.05, 0.1) is 11.0 Å². The van der Waals surface area contributed by atoms with Crippen molar-refractivity contribution in [1.29, 1.82) is 0 Å². The quantitative estimate of drug-likeness (QED) is 0.708. The van der Waals surface area contributed by atoms with Crippen molar-refractivity contribution in [2.45, 2.75) is 17.6 Å². The van der Waals surface area contributed by atoms with Gasteiger partial charge in [0.15, 0.2) is 0 Å². The first kappa shape index (κ1) is 9.85. The van der Waals surface area contributed by atoms with Crippen LogP contribution in [0, 0.1) is 0 Å². The van der Waals surface area contributed by atoms with Gasteiger partial charge < -0.3 is 0 Å². The normalized spacial score (nSPS) is 20.2. The van der Waals surface area contributed by atoms with Gasteiger partial charge in [0.2, 0.25) is 15.9 Å². The van der Waals surface area contributed by atoms with Crippen molar-refractivity contribution in [2.75, 3.05) is 12.5 Å². The fourth-order valence-electron chi connectivity index (χ4n) is 0.899. The van der Waals surface area contributed by atoms with E-state index in [9.17, 15) is 13.2 Å². The molecule has 0 aromatic heterocycles. The zero-order valence-corrected chi connectivity index (χ0v) is 8.59. The van der Waals surface area contributed by atoms with Crippen LogP contribution in [0.2, 0.25) is 0 Å². The molecule has 1 aliphatic carbocycles. The third kappa shape index (κ3) is 2.13. The van der Waals surface area contributed by atoms with Crippen LogP contribution >= 0.6 is 11.8 Å². The molecule has 0 aliphatic heterocycles. The highest BCUT2D eigenvalue weighted by Gasteiger charge is 2.50. The number of nitrogens with one attached hydrogen (secondary N) is 1. The van der Waals surface area contributed by atoms with Crippen LogP contribution in [0.3, 0.4) is 0 Å². The molecular weight excluding hydrogens is 198 g/mol. The Hall–Kier alpha value is -0.230. The van der Waals surface area contributed by atoms with Crippen molar-refractivity contribution >= 4 is 27.7 Å². The minimum atomic E-state index is -3.39. The summed E-state index contributed by atoms with van der Waals surface area (Å²) in [4.78, 5) is 11.3. The molecule has 1 aliphatic rings. The van der Waals surface area contributed by atoms with Crippen LogP contribution in [0.25, 0.3) is 0 Å². The predicted molar refractivity (Wildman–Crippen MR) is 48.5 cm³/mol. The maximum atomic E-state index is 11.3. The van der Waals surface area contributed by atoms with Gasteiger partial charge in [-0.15, -0.1) is 11.8 Å². The average Bonchev–Trinajstić information content (AvgIpc) is 2.62. The highest BCUT2D eigenvalue weighted by atomic mass is 32.2. The molecule has 0 heterocycles. The Morgan fingerprint density at radius 2 is 2.00 bits per heavy atom. The molecule has 0 atom stereocenters. The van der Waals surface area contributed by atoms with Gasteiger partial charge in [-0.3, -0.25) is 9.52 Å². The SMILES string of the molecule is CSC1(C(=O)NS(C)(=O)=O)CC1. The van der Waals surface area contributed by atoms with Crippen LogP contribution < -0.4 is 4.72 Å².